The van der Waals surface area contributed by atoms with E-state index in [4.69, 9.17) is 14.1 Å². The monoisotopic (exact) mass is 474 g/mol. The van der Waals surface area contributed by atoms with E-state index in [0.717, 1.165) is 5.06 Å². The van der Waals surface area contributed by atoms with Crippen LogP contribution < -0.4 is 10.2 Å². The van der Waals surface area contributed by atoms with E-state index in [2.05, 4.69) is 10.5 Å². The van der Waals surface area contributed by atoms with Crippen molar-refractivity contribution in [1.29, 1.82) is 0 Å². The van der Waals surface area contributed by atoms with Gasteiger partial charge in [-0.2, -0.15) is 0 Å². The van der Waals surface area contributed by atoms with E-state index in [1.807, 2.05) is 6.92 Å². The molecule has 1 aromatic heterocycles. The van der Waals surface area contributed by atoms with Gasteiger partial charge in [0.1, 0.15) is 5.41 Å². The van der Waals surface area contributed by atoms with E-state index in [1.54, 1.807) is 11.8 Å². The number of rotatable bonds is 2. The van der Waals surface area contributed by atoms with Gasteiger partial charge in [-0.15, -0.1) is 0 Å². The van der Waals surface area contributed by atoms with Crippen molar-refractivity contribution >= 4 is 40.2 Å². The number of aromatic nitrogens is 1. The highest BCUT2D eigenvalue weighted by atomic mass is 19.1. The Kier molecular flexibility index (Phi) is 4.99. The van der Waals surface area contributed by atoms with Crippen molar-refractivity contribution in [2.24, 2.45) is 5.41 Å². The molecule has 34 heavy (non-hydrogen) atoms. The molecule has 1 unspecified atom stereocenters. The van der Waals surface area contributed by atoms with Gasteiger partial charge in [-0.05, 0) is 31.9 Å². The summed E-state index contributed by atoms with van der Waals surface area (Å²) in [6.45, 7) is 3.73. The number of ketones is 1. The smallest absolute Gasteiger partial charge is 0.299 e. The molecule has 4 heterocycles. The van der Waals surface area contributed by atoms with Crippen LogP contribution in [0.3, 0.4) is 0 Å². The summed E-state index contributed by atoms with van der Waals surface area (Å²) in [4.78, 5) is 57.7. The minimum absolute atomic E-state index is 0.0906. The Balaban J connectivity index is 1.75. The molecule has 2 aromatic rings. The molecular weight excluding hydrogens is 451 g/mol. The highest BCUT2D eigenvalue weighted by molar-refractivity contribution is 6.22. The molecule has 0 radical (unpaired) electrons. The van der Waals surface area contributed by atoms with Gasteiger partial charge in [-0.1, -0.05) is 5.16 Å². The summed E-state index contributed by atoms with van der Waals surface area (Å²) in [7, 11) is 2.66. The Labute approximate surface area is 193 Å². The number of piperidine rings is 1. The van der Waals surface area contributed by atoms with E-state index in [0.29, 0.717) is 5.56 Å². The van der Waals surface area contributed by atoms with Crippen LogP contribution in [0.4, 0.5) is 10.1 Å². The Morgan fingerprint density at radius 2 is 2.09 bits per heavy atom. The molecule has 11 nitrogen and oxygen atoms in total. The zero-order valence-electron chi connectivity index (χ0n) is 19.0. The lowest BCUT2D eigenvalue weighted by Gasteiger charge is -2.55. The summed E-state index contributed by atoms with van der Waals surface area (Å²) in [6.07, 6.45) is -1.57. The van der Waals surface area contributed by atoms with Gasteiger partial charge >= 0.3 is 0 Å². The number of benzene rings is 1. The maximum absolute atomic E-state index is 15.9. The maximum Gasteiger partial charge on any atom is 0.299 e. The van der Waals surface area contributed by atoms with Crippen molar-refractivity contribution in [3.63, 3.8) is 0 Å². The first-order valence-corrected chi connectivity index (χ1v) is 10.8. The number of morpholine rings is 1. The molecule has 3 aliphatic heterocycles. The average Bonchev–Trinajstić information content (AvgIpc) is 3.19. The van der Waals surface area contributed by atoms with Gasteiger partial charge in [0.2, 0.25) is 17.4 Å². The third-order valence-electron chi connectivity index (χ3n) is 6.94. The van der Waals surface area contributed by atoms with Gasteiger partial charge in [0, 0.05) is 13.6 Å². The van der Waals surface area contributed by atoms with Crippen LogP contribution in [-0.4, -0.2) is 72.7 Å². The summed E-state index contributed by atoms with van der Waals surface area (Å²) < 4.78 is 27.1. The van der Waals surface area contributed by atoms with Crippen molar-refractivity contribution in [3.05, 3.63) is 23.1 Å². The molecule has 2 saturated heterocycles. The predicted molar refractivity (Wildman–Crippen MR) is 113 cm³/mol. The van der Waals surface area contributed by atoms with Crippen LogP contribution in [0, 0.1) is 11.2 Å². The van der Waals surface area contributed by atoms with Crippen LogP contribution in [-0.2, 0) is 30.4 Å². The molecule has 3 amide bonds. The molecule has 0 bridgehead atoms. The quantitative estimate of drug-likeness (QED) is 0.380. The molecule has 180 valence electrons. The van der Waals surface area contributed by atoms with E-state index in [-0.39, 0.29) is 41.4 Å². The third kappa shape index (κ3) is 2.91. The fourth-order valence-corrected chi connectivity index (χ4v) is 5.53. The third-order valence-corrected chi connectivity index (χ3v) is 6.94. The molecule has 12 heteroatoms. The molecule has 5 rings (SSSR count). The summed E-state index contributed by atoms with van der Waals surface area (Å²) in [5, 5.41) is 7.04. The number of halogens is 1. The number of hydroxylamine groups is 2. The standard InChI is InChI=1S/C22H23FN4O7/c1-9-8-27-17-11(5-12-16(20(30)26(3)32-4)25-34-18(12)15(17)23)7-22(19(27)10(2)33-9)13(28)6-14(29)24-21(22)31/h5,9-10,19H,6-8H2,1-4H3,(H,24,29,31)/t9-,10+,19-,22?/m1/s1. The second-order valence-corrected chi connectivity index (χ2v) is 8.97. The Hall–Kier alpha value is -3.38. The van der Waals surface area contributed by atoms with E-state index in [9.17, 15) is 19.2 Å². The Bertz CT molecular complexity index is 1240. The molecule has 1 N–H and O–H groups in total. The van der Waals surface area contributed by atoms with Gasteiger partial charge in [-0.3, -0.25) is 29.3 Å². The van der Waals surface area contributed by atoms with E-state index >= 15 is 4.39 Å². The first-order chi connectivity index (χ1) is 16.1. The van der Waals surface area contributed by atoms with Crippen molar-refractivity contribution in [2.45, 2.75) is 44.9 Å². The van der Waals surface area contributed by atoms with Crippen molar-refractivity contribution in [1.82, 2.24) is 15.5 Å². The van der Waals surface area contributed by atoms with Gasteiger partial charge in [0.15, 0.2) is 17.3 Å². The number of carbonyl (C=O) groups excluding carboxylic acids is 4. The number of Topliss-reactive ketones (excluding diaryl/α,β-unsaturated/α-hetero) is 1. The summed E-state index contributed by atoms with van der Waals surface area (Å²) in [5.74, 6) is -3.37. The normalized spacial score (nSPS) is 28.7. The largest absolute Gasteiger partial charge is 0.372 e. The lowest BCUT2D eigenvalue weighted by atomic mass is 9.63. The molecule has 0 aliphatic carbocycles. The Morgan fingerprint density at radius 3 is 2.76 bits per heavy atom. The molecule has 1 aromatic carbocycles. The maximum atomic E-state index is 15.9. The second-order valence-electron chi connectivity index (χ2n) is 8.97. The number of amides is 3. The Morgan fingerprint density at radius 1 is 1.35 bits per heavy atom. The van der Waals surface area contributed by atoms with Crippen molar-refractivity contribution < 1.29 is 37.7 Å². The fraction of sp³-hybridized carbons (Fsp3) is 0.500. The van der Waals surface area contributed by atoms with Crippen LogP contribution in [0.25, 0.3) is 11.0 Å². The van der Waals surface area contributed by atoms with Gasteiger partial charge in [0.05, 0.1) is 42.9 Å². The lowest BCUT2D eigenvalue weighted by Crippen LogP contribution is -2.72. The predicted octanol–water partition coefficient (Wildman–Crippen LogP) is 0.741. The topological polar surface area (TPSA) is 131 Å². The number of nitrogens with zero attached hydrogens (tertiary/aromatic N) is 3. The minimum Gasteiger partial charge on any atom is -0.372 e. The van der Waals surface area contributed by atoms with Crippen molar-refractivity contribution in [2.75, 3.05) is 25.6 Å². The first kappa shape index (κ1) is 22.4. The van der Waals surface area contributed by atoms with Crippen LogP contribution in [0.5, 0.6) is 0 Å². The highest BCUT2D eigenvalue weighted by Crippen LogP contribution is 2.50. The average molecular weight is 474 g/mol. The van der Waals surface area contributed by atoms with Gasteiger partial charge in [0.25, 0.3) is 5.91 Å². The van der Waals surface area contributed by atoms with Crippen LogP contribution in [0.1, 0.15) is 36.3 Å². The molecular formula is C22H23FN4O7. The minimum atomic E-state index is -1.66. The number of fused-ring (bicyclic) bond motifs is 5. The number of nitrogens with one attached hydrogen (secondary N) is 1. The summed E-state index contributed by atoms with van der Waals surface area (Å²) >= 11 is 0. The molecule has 2 fully saturated rings. The van der Waals surface area contributed by atoms with E-state index < -0.39 is 53.3 Å². The van der Waals surface area contributed by atoms with Gasteiger partial charge < -0.3 is 14.2 Å². The molecule has 1 spiro atoms. The SMILES string of the molecule is CON(C)C(=O)c1noc2c(F)c3c(cc12)CC1(C(=O)CC(=O)NC1=O)[C@H]1[C@H](C)O[C@H](C)CN31. The zero-order chi connectivity index (χ0) is 24.5. The molecule has 3 aliphatic rings. The van der Waals surface area contributed by atoms with Crippen molar-refractivity contribution in [3.8, 4) is 0 Å². The zero-order valence-corrected chi connectivity index (χ0v) is 19.0. The first-order valence-electron chi connectivity index (χ1n) is 10.8. The fourth-order valence-electron chi connectivity index (χ4n) is 5.53. The summed E-state index contributed by atoms with van der Waals surface area (Å²) in [5.41, 5.74) is -1.56. The number of anilines is 1. The number of imide groups is 1. The van der Waals surface area contributed by atoms with Crippen LogP contribution >= 0.6 is 0 Å². The number of hydrogen-bond acceptors (Lipinski definition) is 9. The summed E-state index contributed by atoms with van der Waals surface area (Å²) in [6, 6.07) is 0.674. The second kappa shape index (κ2) is 7.57. The number of carbonyl (C=O) groups is 4. The van der Waals surface area contributed by atoms with Crippen LogP contribution in [0.2, 0.25) is 0 Å². The van der Waals surface area contributed by atoms with Crippen LogP contribution in [0.15, 0.2) is 10.6 Å². The lowest BCUT2D eigenvalue weighted by molar-refractivity contribution is -0.158. The highest BCUT2D eigenvalue weighted by Gasteiger charge is 2.62. The molecule has 0 saturated carbocycles. The van der Waals surface area contributed by atoms with Gasteiger partial charge in [-0.25, -0.2) is 9.45 Å². The number of ether oxygens (including phenoxy) is 1. The number of hydrogen-bond donors (Lipinski definition) is 1. The van der Waals surface area contributed by atoms with E-state index in [1.165, 1.54) is 20.2 Å². The molecule has 4 atom stereocenters.